The maximum atomic E-state index is 12.3. The Balaban J connectivity index is 1.56. The second-order valence-electron chi connectivity index (χ2n) is 6.08. The molecule has 26 heavy (non-hydrogen) atoms. The monoisotopic (exact) mass is 391 g/mol. The summed E-state index contributed by atoms with van der Waals surface area (Å²) >= 11 is 5.80. The molecule has 1 aromatic carbocycles. The third kappa shape index (κ3) is 4.30. The summed E-state index contributed by atoms with van der Waals surface area (Å²) in [6.07, 6.45) is 4.69. The van der Waals surface area contributed by atoms with Crippen molar-refractivity contribution in [2.24, 2.45) is 5.92 Å². The van der Waals surface area contributed by atoms with E-state index in [1.54, 1.807) is 18.3 Å². The number of hydrogen-bond donors (Lipinski definition) is 1. The molecule has 0 aliphatic carbocycles. The minimum absolute atomic E-state index is 0.206. The van der Waals surface area contributed by atoms with Crippen molar-refractivity contribution in [1.82, 2.24) is 14.7 Å². The van der Waals surface area contributed by atoms with E-state index in [0.29, 0.717) is 36.2 Å². The molecule has 0 bridgehead atoms. The van der Waals surface area contributed by atoms with E-state index in [4.69, 9.17) is 16.9 Å². The molecule has 0 saturated carbocycles. The maximum Gasteiger partial charge on any atom is 0.240 e. The number of sulfonamides is 1. The van der Waals surface area contributed by atoms with Gasteiger partial charge in [0, 0.05) is 37.1 Å². The van der Waals surface area contributed by atoms with Crippen molar-refractivity contribution in [1.29, 1.82) is 5.26 Å². The van der Waals surface area contributed by atoms with Crippen molar-refractivity contribution in [3.05, 3.63) is 47.4 Å². The molecule has 2 heterocycles. The van der Waals surface area contributed by atoms with Crippen molar-refractivity contribution < 1.29 is 8.42 Å². The first-order valence-electron chi connectivity index (χ1n) is 8.21. The number of benzene rings is 1. The fourth-order valence-corrected chi connectivity index (χ4v) is 4.16. The SMILES string of the molecule is N#Cc1nccnc1N1CCC(CNS(=O)(=O)c2ccc(Cl)cc2)CC1. The Bertz CT molecular complexity index is 903. The molecule has 0 unspecified atom stereocenters. The van der Waals surface area contributed by atoms with Gasteiger partial charge in [0.05, 0.1) is 4.90 Å². The van der Waals surface area contributed by atoms with E-state index in [-0.39, 0.29) is 10.8 Å². The molecule has 1 aliphatic rings. The second kappa shape index (κ2) is 7.99. The van der Waals surface area contributed by atoms with Crippen LogP contribution in [0.5, 0.6) is 0 Å². The fraction of sp³-hybridized carbons (Fsp3) is 0.353. The zero-order valence-corrected chi connectivity index (χ0v) is 15.5. The summed E-state index contributed by atoms with van der Waals surface area (Å²) in [5.41, 5.74) is 0.314. The Morgan fingerprint density at radius 3 is 2.50 bits per heavy atom. The summed E-state index contributed by atoms with van der Waals surface area (Å²) in [5.74, 6) is 0.825. The van der Waals surface area contributed by atoms with Crippen LogP contribution in [-0.2, 0) is 10.0 Å². The van der Waals surface area contributed by atoms with Gasteiger partial charge in [-0.1, -0.05) is 11.6 Å². The van der Waals surface area contributed by atoms with Gasteiger partial charge in [-0.05, 0) is 43.0 Å². The molecule has 0 spiro atoms. The minimum atomic E-state index is -3.54. The van der Waals surface area contributed by atoms with E-state index in [1.807, 2.05) is 4.90 Å². The molecule has 9 heteroatoms. The first kappa shape index (κ1) is 18.6. The predicted octanol–water partition coefficient (Wildman–Crippen LogP) is 2.20. The van der Waals surface area contributed by atoms with Gasteiger partial charge in [-0.2, -0.15) is 5.26 Å². The Labute approximate surface area is 157 Å². The molecule has 1 fully saturated rings. The molecule has 1 aromatic heterocycles. The van der Waals surface area contributed by atoms with E-state index in [0.717, 1.165) is 12.8 Å². The van der Waals surface area contributed by atoms with Crippen molar-refractivity contribution in [2.75, 3.05) is 24.5 Å². The van der Waals surface area contributed by atoms with Gasteiger partial charge >= 0.3 is 0 Å². The van der Waals surface area contributed by atoms with Gasteiger partial charge < -0.3 is 4.90 Å². The van der Waals surface area contributed by atoms with Gasteiger partial charge in [0.25, 0.3) is 0 Å². The summed E-state index contributed by atoms with van der Waals surface area (Å²) in [4.78, 5) is 10.5. The van der Waals surface area contributed by atoms with Crippen molar-refractivity contribution in [2.45, 2.75) is 17.7 Å². The zero-order chi connectivity index (χ0) is 18.6. The summed E-state index contributed by atoms with van der Waals surface area (Å²) in [7, 11) is -3.54. The molecule has 136 valence electrons. The van der Waals surface area contributed by atoms with E-state index >= 15 is 0 Å². The standard InChI is InChI=1S/C17H18ClN5O2S/c18-14-1-3-15(4-2-14)26(24,25)22-12-13-5-9-23(10-6-13)17-16(11-19)20-7-8-21-17/h1-4,7-8,13,22H,5-6,9-10,12H2. The van der Waals surface area contributed by atoms with Gasteiger partial charge in [0.1, 0.15) is 6.07 Å². The van der Waals surface area contributed by atoms with Gasteiger partial charge in [-0.3, -0.25) is 0 Å². The van der Waals surface area contributed by atoms with E-state index in [2.05, 4.69) is 20.8 Å². The number of nitriles is 1. The molecule has 0 amide bonds. The second-order valence-corrected chi connectivity index (χ2v) is 8.28. The highest BCUT2D eigenvalue weighted by Gasteiger charge is 2.24. The lowest BCUT2D eigenvalue weighted by Gasteiger charge is -2.32. The first-order chi connectivity index (χ1) is 12.5. The van der Waals surface area contributed by atoms with Gasteiger partial charge in [-0.15, -0.1) is 0 Å². The number of anilines is 1. The number of halogens is 1. The molecule has 1 aliphatic heterocycles. The normalized spacial score (nSPS) is 15.6. The molecule has 1 saturated heterocycles. The molecule has 0 radical (unpaired) electrons. The van der Waals surface area contributed by atoms with E-state index < -0.39 is 10.0 Å². The number of piperidine rings is 1. The average Bonchev–Trinajstić information content (AvgIpc) is 2.67. The zero-order valence-electron chi connectivity index (χ0n) is 14.0. The third-order valence-corrected chi connectivity index (χ3v) is 6.08. The number of aromatic nitrogens is 2. The molecule has 1 N–H and O–H groups in total. The summed E-state index contributed by atoms with van der Waals surface area (Å²) < 4.78 is 27.3. The lowest BCUT2D eigenvalue weighted by molar-refractivity contribution is 0.400. The van der Waals surface area contributed by atoms with Gasteiger partial charge in [-0.25, -0.2) is 23.1 Å². The van der Waals surface area contributed by atoms with Crippen LogP contribution in [0.2, 0.25) is 5.02 Å². The van der Waals surface area contributed by atoms with E-state index in [1.165, 1.54) is 18.3 Å². The fourth-order valence-electron chi connectivity index (χ4n) is 2.91. The topological polar surface area (TPSA) is 99.0 Å². The highest BCUT2D eigenvalue weighted by atomic mass is 35.5. The quantitative estimate of drug-likeness (QED) is 0.838. The molecule has 0 atom stereocenters. The third-order valence-electron chi connectivity index (χ3n) is 4.38. The van der Waals surface area contributed by atoms with Gasteiger partial charge in [0.15, 0.2) is 11.5 Å². The molecule has 2 aromatic rings. The van der Waals surface area contributed by atoms with Crippen LogP contribution < -0.4 is 9.62 Å². The molecule has 3 rings (SSSR count). The van der Waals surface area contributed by atoms with Gasteiger partial charge in [0.2, 0.25) is 10.0 Å². The molecular formula is C17H18ClN5O2S. The summed E-state index contributed by atoms with van der Waals surface area (Å²) in [6, 6.07) is 8.15. The van der Waals surface area contributed by atoms with Crippen LogP contribution in [0.1, 0.15) is 18.5 Å². The maximum absolute atomic E-state index is 12.3. The Hall–Kier alpha value is -2.21. The molecular weight excluding hydrogens is 374 g/mol. The van der Waals surface area contributed by atoms with Crippen molar-refractivity contribution >= 4 is 27.4 Å². The Morgan fingerprint density at radius 1 is 1.19 bits per heavy atom. The summed E-state index contributed by atoms with van der Waals surface area (Å²) in [6.45, 7) is 1.80. The van der Waals surface area contributed by atoms with Crippen molar-refractivity contribution in [3.63, 3.8) is 0 Å². The van der Waals surface area contributed by atoms with Crippen LogP contribution in [0, 0.1) is 17.2 Å². The molecule has 7 nitrogen and oxygen atoms in total. The number of nitrogens with one attached hydrogen (secondary N) is 1. The minimum Gasteiger partial charge on any atom is -0.354 e. The highest BCUT2D eigenvalue weighted by Crippen LogP contribution is 2.23. The van der Waals surface area contributed by atoms with Crippen LogP contribution in [0.25, 0.3) is 0 Å². The number of rotatable bonds is 5. The first-order valence-corrected chi connectivity index (χ1v) is 10.1. The lowest BCUT2D eigenvalue weighted by Crippen LogP contribution is -2.39. The van der Waals surface area contributed by atoms with Crippen molar-refractivity contribution in [3.8, 4) is 6.07 Å². The average molecular weight is 392 g/mol. The Morgan fingerprint density at radius 2 is 1.85 bits per heavy atom. The highest BCUT2D eigenvalue weighted by molar-refractivity contribution is 7.89. The number of hydrogen-bond acceptors (Lipinski definition) is 6. The number of nitrogens with zero attached hydrogens (tertiary/aromatic N) is 4. The lowest BCUT2D eigenvalue weighted by atomic mass is 9.97. The van der Waals surface area contributed by atoms with Crippen LogP contribution in [0.15, 0.2) is 41.6 Å². The van der Waals surface area contributed by atoms with Crippen LogP contribution >= 0.6 is 11.6 Å². The smallest absolute Gasteiger partial charge is 0.240 e. The predicted molar refractivity (Wildman–Crippen MR) is 98.3 cm³/mol. The van der Waals surface area contributed by atoms with Crippen LogP contribution in [0.3, 0.4) is 0 Å². The summed E-state index contributed by atoms with van der Waals surface area (Å²) in [5, 5.41) is 9.63. The van der Waals surface area contributed by atoms with Crippen LogP contribution in [-0.4, -0.2) is 38.0 Å². The Kier molecular flexibility index (Phi) is 5.71. The van der Waals surface area contributed by atoms with Crippen LogP contribution in [0.4, 0.5) is 5.82 Å². The largest absolute Gasteiger partial charge is 0.354 e. The van der Waals surface area contributed by atoms with E-state index in [9.17, 15) is 8.42 Å².